The topological polar surface area (TPSA) is 9.23 Å². The Bertz CT molecular complexity index is 365. The lowest BCUT2D eigenvalue weighted by atomic mass is 10.1. The summed E-state index contributed by atoms with van der Waals surface area (Å²) in [4.78, 5) is 0. The van der Waals surface area contributed by atoms with Gasteiger partial charge >= 0.3 is 6.18 Å². The molecule has 18 heavy (non-hydrogen) atoms. The summed E-state index contributed by atoms with van der Waals surface area (Å²) in [6.07, 6.45) is -4.98. The summed E-state index contributed by atoms with van der Waals surface area (Å²) in [6.45, 7) is 2.12. The Morgan fingerprint density at radius 3 is 2.61 bits per heavy atom. The van der Waals surface area contributed by atoms with Gasteiger partial charge in [-0.15, -0.1) is 0 Å². The van der Waals surface area contributed by atoms with Crippen molar-refractivity contribution in [1.29, 1.82) is 0 Å². The average molecular weight is 372 g/mol. The molecule has 1 aromatic rings. The summed E-state index contributed by atoms with van der Waals surface area (Å²) < 4.78 is 42.2. The van der Waals surface area contributed by atoms with Crippen LogP contribution in [0.15, 0.2) is 24.3 Å². The summed E-state index contributed by atoms with van der Waals surface area (Å²) in [5.74, 6) is 0. The van der Waals surface area contributed by atoms with Crippen LogP contribution in [0, 0.1) is 6.92 Å². The fourth-order valence-electron chi connectivity index (χ4n) is 1.60. The van der Waals surface area contributed by atoms with Crippen molar-refractivity contribution in [2.45, 2.75) is 32.0 Å². The highest BCUT2D eigenvalue weighted by Crippen LogP contribution is 2.24. The van der Waals surface area contributed by atoms with Gasteiger partial charge in [0.2, 0.25) is 0 Å². The van der Waals surface area contributed by atoms with E-state index < -0.39 is 12.6 Å². The largest absolute Gasteiger partial charge is 0.389 e. The fourth-order valence-corrected chi connectivity index (χ4v) is 2.36. The van der Waals surface area contributed by atoms with Crippen molar-refractivity contribution < 1.29 is 17.9 Å². The third-order valence-electron chi connectivity index (χ3n) is 2.48. The zero-order valence-electron chi connectivity index (χ0n) is 10.1. The second-order valence-electron chi connectivity index (χ2n) is 4.15. The lowest BCUT2D eigenvalue weighted by Crippen LogP contribution is -2.11. The van der Waals surface area contributed by atoms with E-state index in [1.165, 1.54) is 0 Å². The SMILES string of the molecule is Cc1cccc(C(CI)OCCCC(F)(F)F)c1. The van der Waals surface area contributed by atoms with Crippen molar-refractivity contribution in [3.8, 4) is 0 Å². The Morgan fingerprint density at radius 1 is 1.33 bits per heavy atom. The van der Waals surface area contributed by atoms with Gasteiger partial charge in [0.25, 0.3) is 0 Å². The van der Waals surface area contributed by atoms with Crippen molar-refractivity contribution in [2.75, 3.05) is 11.0 Å². The molecule has 0 heterocycles. The number of benzene rings is 1. The Balaban J connectivity index is 2.43. The zero-order chi connectivity index (χ0) is 13.6. The maximum atomic E-state index is 12.0. The Labute approximate surface area is 119 Å². The molecule has 102 valence electrons. The van der Waals surface area contributed by atoms with Crippen LogP contribution in [0.3, 0.4) is 0 Å². The lowest BCUT2D eigenvalue weighted by molar-refractivity contribution is -0.138. The lowest BCUT2D eigenvalue weighted by Gasteiger charge is -2.16. The Kier molecular flexibility index (Phi) is 6.42. The zero-order valence-corrected chi connectivity index (χ0v) is 12.3. The second kappa shape index (κ2) is 7.33. The quantitative estimate of drug-likeness (QED) is 0.395. The van der Waals surface area contributed by atoms with E-state index >= 15 is 0 Å². The summed E-state index contributed by atoms with van der Waals surface area (Å²) in [5.41, 5.74) is 2.15. The van der Waals surface area contributed by atoms with Crippen LogP contribution in [0.4, 0.5) is 13.2 Å². The summed E-state index contributed by atoms with van der Waals surface area (Å²) in [7, 11) is 0. The molecule has 0 saturated carbocycles. The highest BCUT2D eigenvalue weighted by atomic mass is 127. The van der Waals surface area contributed by atoms with Gasteiger partial charge in [-0.25, -0.2) is 0 Å². The molecule has 0 saturated heterocycles. The summed E-state index contributed by atoms with van der Waals surface area (Å²) in [6, 6.07) is 7.87. The van der Waals surface area contributed by atoms with Crippen LogP contribution in [0.1, 0.15) is 30.1 Å². The van der Waals surface area contributed by atoms with E-state index in [0.29, 0.717) is 0 Å². The van der Waals surface area contributed by atoms with Gasteiger partial charge in [0.1, 0.15) is 0 Å². The van der Waals surface area contributed by atoms with E-state index in [1.54, 1.807) is 0 Å². The molecule has 0 aliphatic heterocycles. The minimum atomic E-state index is -4.09. The molecule has 0 aromatic heterocycles. The number of halogens is 4. The molecule has 0 aliphatic rings. The molecule has 1 unspecified atom stereocenters. The summed E-state index contributed by atoms with van der Waals surface area (Å²) >= 11 is 2.19. The van der Waals surface area contributed by atoms with Crippen molar-refractivity contribution in [3.63, 3.8) is 0 Å². The molecule has 0 fully saturated rings. The normalized spacial score (nSPS) is 13.6. The van der Waals surface area contributed by atoms with Gasteiger partial charge in [0.15, 0.2) is 0 Å². The van der Waals surface area contributed by atoms with Gasteiger partial charge in [-0.05, 0) is 18.9 Å². The third-order valence-corrected chi connectivity index (χ3v) is 3.28. The van der Waals surface area contributed by atoms with E-state index in [9.17, 15) is 13.2 Å². The molecule has 1 atom stereocenters. The number of hydrogen-bond donors (Lipinski definition) is 0. The van der Waals surface area contributed by atoms with Crippen LogP contribution < -0.4 is 0 Å². The molecule has 5 heteroatoms. The molecular formula is C13H16F3IO. The molecule has 1 rings (SSSR count). The Hall–Kier alpha value is -0.300. The molecule has 0 N–H and O–H groups in total. The number of ether oxygens (including phenoxy) is 1. The molecule has 0 radical (unpaired) electrons. The average Bonchev–Trinajstić information content (AvgIpc) is 2.27. The van der Waals surface area contributed by atoms with Crippen LogP contribution in [-0.4, -0.2) is 17.2 Å². The number of rotatable bonds is 6. The monoisotopic (exact) mass is 372 g/mol. The van der Waals surface area contributed by atoms with Gasteiger partial charge < -0.3 is 4.74 Å². The first-order chi connectivity index (χ1) is 8.42. The van der Waals surface area contributed by atoms with Gasteiger partial charge in [0.05, 0.1) is 6.10 Å². The number of hydrogen-bond acceptors (Lipinski definition) is 1. The molecule has 1 nitrogen and oxygen atoms in total. The second-order valence-corrected chi connectivity index (χ2v) is 5.03. The predicted molar refractivity (Wildman–Crippen MR) is 74.0 cm³/mol. The smallest absolute Gasteiger partial charge is 0.373 e. The molecule has 0 aliphatic carbocycles. The van der Waals surface area contributed by atoms with E-state index in [2.05, 4.69) is 22.6 Å². The van der Waals surface area contributed by atoms with E-state index in [0.717, 1.165) is 15.6 Å². The third kappa shape index (κ3) is 6.04. The maximum absolute atomic E-state index is 12.0. The van der Waals surface area contributed by atoms with Gasteiger partial charge in [-0.2, -0.15) is 13.2 Å². The highest BCUT2D eigenvalue weighted by Gasteiger charge is 2.26. The number of aryl methyl sites for hydroxylation is 1. The first-order valence-electron chi connectivity index (χ1n) is 5.73. The van der Waals surface area contributed by atoms with Crippen LogP contribution >= 0.6 is 22.6 Å². The van der Waals surface area contributed by atoms with Crippen LogP contribution in [0.25, 0.3) is 0 Å². The Morgan fingerprint density at radius 2 is 2.06 bits per heavy atom. The maximum Gasteiger partial charge on any atom is 0.389 e. The van der Waals surface area contributed by atoms with E-state index in [4.69, 9.17) is 4.74 Å². The minimum absolute atomic E-state index is 0.0163. The van der Waals surface area contributed by atoms with E-state index in [1.807, 2.05) is 31.2 Å². The van der Waals surface area contributed by atoms with Gasteiger partial charge in [-0.3, -0.25) is 0 Å². The fraction of sp³-hybridized carbons (Fsp3) is 0.538. The van der Waals surface area contributed by atoms with Crippen LogP contribution in [-0.2, 0) is 4.74 Å². The van der Waals surface area contributed by atoms with Crippen molar-refractivity contribution in [2.24, 2.45) is 0 Å². The number of alkyl halides is 4. The van der Waals surface area contributed by atoms with Gasteiger partial charge in [0, 0.05) is 17.5 Å². The van der Waals surface area contributed by atoms with Crippen LogP contribution in [0.5, 0.6) is 0 Å². The molecule has 1 aromatic carbocycles. The highest BCUT2D eigenvalue weighted by molar-refractivity contribution is 14.1. The molecule has 0 amide bonds. The van der Waals surface area contributed by atoms with Crippen molar-refractivity contribution >= 4 is 22.6 Å². The van der Waals surface area contributed by atoms with Crippen molar-refractivity contribution in [1.82, 2.24) is 0 Å². The van der Waals surface area contributed by atoms with E-state index in [-0.39, 0.29) is 19.1 Å². The standard InChI is InChI=1S/C13H16F3IO/c1-10-4-2-5-11(8-10)12(9-17)18-7-3-6-13(14,15)16/h2,4-5,8,12H,3,6-7,9H2,1H3. The predicted octanol–water partition coefficient (Wildman–Crippen LogP) is 4.83. The first kappa shape index (κ1) is 15.8. The first-order valence-corrected chi connectivity index (χ1v) is 7.26. The molecule has 0 spiro atoms. The minimum Gasteiger partial charge on any atom is -0.373 e. The van der Waals surface area contributed by atoms with Crippen LogP contribution in [0.2, 0.25) is 0 Å². The molecule has 0 bridgehead atoms. The van der Waals surface area contributed by atoms with Gasteiger partial charge in [-0.1, -0.05) is 52.4 Å². The van der Waals surface area contributed by atoms with Crippen molar-refractivity contribution in [3.05, 3.63) is 35.4 Å². The summed E-state index contributed by atoms with van der Waals surface area (Å²) in [5, 5.41) is 0. The molecular weight excluding hydrogens is 356 g/mol.